The van der Waals surface area contributed by atoms with Crippen LogP contribution < -0.4 is 5.43 Å². The highest BCUT2D eigenvalue weighted by atomic mass is 35.5. The van der Waals surface area contributed by atoms with E-state index >= 15 is 0 Å². The Bertz CT molecular complexity index is 988. The summed E-state index contributed by atoms with van der Waals surface area (Å²) in [7, 11) is 0. The molecule has 156 valence electrons. The molecule has 3 aromatic rings. The number of benzene rings is 2. The van der Waals surface area contributed by atoms with E-state index in [0.29, 0.717) is 5.92 Å². The van der Waals surface area contributed by atoms with Gasteiger partial charge in [0, 0.05) is 10.8 Å². The molecular formula is C21H21ClN4OS3. The van der Waals surface area contributed by atoms with E-state index in [1.165, 1.54) is 34.2 Å². The lowest BCUT2D eigenvalue weighted by molar-refractivity contribution is -0.118. The Morgan fingerprint density at radius 3 is 2.43 bits per heavy atom. The quantitative estimate of drug-likeness (QED) is 0.238. The summed E-state index contributed by atoms with van der Waals surface area (Å²) in [4.78, 5) is 12.0. The molecule has 1 heterocycles. The summed E-state index contributed by atoms with van der Waals surface area (Å²) >= 11 is 10.3. The summed E-state index contributed by atoms with van der Waals surface area (Å²) in [5, 5.41) is 13.1. The number of thioether (sulfide) groups is 2. The number of nitrogens with zero attached hydrogens (tertiary/aromatic N) is 3. The van der Waals surface area contributed by atoms with E-state index in [0.717, 1.165) is 25.0 Å². The van der Waals surface area contributed by atoms with E-state index in [2.05, 4.69) is 46.7 Å². The molecule has 1 aromatic heterocycles. The second-order valence-electron chi connectivity index (χ2n) is 6.65. The summed E-state index contributed by atoms with van der Waals surface area (Å²) in [6.45, 7) is 4.31. The number of amides is 1. The predicted molar refractivity (Wildman–Crippen MR) is 128 cm³/mol. The smallest absolute Gasteiger partial charge is 0.250 e. The molecule has 0 atom stereocenters. The zero-order valence-corrected chi connectivity index (χ0v) is 19.7. The number of aromatic nitrogens is 2. The second-order valence-corrected chi connectivity index (χ2v) is 10.5. The van der Waals surface area contributed by atoms with Crippen molar-refractivity contribution < 1.29 is 4.79 Å². The van der Waals surface area contributed by atoms with Crippen molar-refractivity contribution >= 4 is 58.6 Å². The molecule has 0 radical (unpaired) electrons. The van der Waals surface area contributed by atoms with E-state index in [1.54, 1.807) is 18.0 Å². The van der Waals surface area contributed by atoms with Crippen LogP contribution >= 0.6 is 46.5 Å². The van der Waals surface area contributed by atoms with Crippen molar-refractivity contribution in [3.05, 3.63) is 70.2 Å². The van der Waals surface area contributed by atoms with Crippen LogP contribution in [0.15, 0.2) is 62.3 Å². The fourth-order valence-electron chi connectivity index (χ4n) is 2.34. The Balaban J connectivity index is 1.39. The molecule has 3 rings (SSSR count). The number of hydrogen-bond donors (Lipinski definition) is 1. The lowest BCUT2D eigenvalue weighted by Crippen LogP contribution is -2.19. The summed E-state index contributed by atoms with van der Waals surface area (Å²) < 4.78 is 1.63. The first-order chi connectivity index (χ1) is 14.5. The van der Waals surface area contributed by atoms with Gasteiger partial charge in [0.2, 0.25) is 0 Å². The minimum absolute atomic E-state index is 0.180. The van der Waals surface area contributed by atoms with Crippen LogP contribution in [0.1, 0.15) is 36.5 Å². The molecule has 5 nitrogen and oxygen atoms in total. The fourth-order valence-corrected chi connectivity index (χ4v) is 5.24. The van der Waals surface area contributed by atoms with Gasteiger partial charge in [-0.05, 0) is 34.7 Å². The molecule has 1 N–H and O–H groups in total. The zero-order valence-electron chi connectivity index (χ0n) is 16.5. The molecule has 0 spiro atoms. The van der Waals surface area contributed by atoms with Crippen molar-refractivity contribution in [2.75, 3.05) is 5.75 Å². The molecule has 0 aliphatic rings. The van der Waals surface area contributed by atoms with E-state index in [-0.39, 0.29) is 11.7 Å². The van der Waals surface area contributed by atoms with E-state index in [9.17, 15) is 4.79 Å². The number of carbonyl (C=O) groups excluding carboxylic acids is 1. The van der Waals surface area contributed by atoms with Crippen LogP contribution in [0, 0.1) is 0 Å². The average Bonchev–Trinajstić information content (AvgIpc) is 3.20. The topological polar surface area (TPSA) is 67.2 Å². The second kappa shape index (κ2) is 11.5. The van der Waals surface area contributed by atoms with Crippen LogP contribution in [0.2, 0.25) is 5.02 Å². The van der Waals surface area contributed by atoms with Crippen molar-refractivity contribution in [2.45, 2.75) is 34.2 Å². The van der Waals surface area contributed by atoms with Gasteiger partial charge in [-0.1, -0.05) is 96.7 Å². The Kier molecular flexibility index (Phi) is 8.74. The Morgan fingerprint density at radius 1 is 1.10 bits per heavy atom. The summed E-state index contributed by atoms with van der Waals surface area (Å²) in [5.41, 5.74) is 5.93. The molecule has 0 aliphatic heterocycles. The van der Waals surface area contributed by atoms with Gasteiger partial charge >= 0.3 is 0 Å². The Morgan fingerprint density at radius 2 is 1.77 bits per heavy atom. The number of halogens is 1. The van der Waals surface area contributed by atoms with E-state index in [1.807, 2.05) is 36.4 Å². The van der Waals surface area contributed by atoms with Crippen molar-refractivity contribution in [3.63, 3.8) is 0 Å². The third-order valence-corrected chi connectivity index (χ3v) is 7.51. The first-order valence-electron chi connectivity index (χ1n) is 9.25. The van der Waals surface area contributed by atoms with Gasteiger partial charge in [0.05, 0.1) is 12.0 Å². The molecule has 30 heavy (non-hydrogen) atoms. The van der Waals surface area contributed by atoms with Crippen LogP contribution in [0.3, 0.4) is 0 Å². The molecule has 9 heteroatoms. The van der Waals surface area contributed by atoms with Gasteiger partial charge in [0.25, 0.3) is 5.91 Å². The van der Waals surface area contributed by atoms with Crippen LogP contribution in [-0.2, 0) is 10.5 Å². The minimum atomic E-state index is -0.180. The number of rotatable bonds is 9. The molecule has 0 bridgehead atoms. The highest BCUT2D eigenvalue weighted by Crippen LogP contribution is 2.30. The maximum atomic E-state index is 12.0. The summed E-state index contributed by atoms with van der Waals surface area (Å²) in [6, 6.07) is 15.9. The van der Waals surface area contributed by atoms with Crippen molar-refractivity contribution in [3.8, 4) is 0 Å². The third-order valence-electron chi connectivity index (χ3n) is 4.00. The number of carbonyl (C=O) groups is 1. The van der Waals surface area contributed by atoms with Gasteiger partial charge in [0.1, 0.15) is 0 Å². The van der Waals surface area contributed by atoms with Crippen molar-refractivity contribution in [1.29, 1.82) is 0 Å². The molecule has 0 saturated carbocycles. The fraction of sp³-hybridized carbons (Fsp3) is 0.238. The first-order valence-corrected chi connectivity index (χ1v) is 12.4. The summed E-state index contributed by atoms with van der Waals surface area (Å²) in [5.74, 6) is 1.34. The molecule has 0 fully saturated rings. The standard InChI is InChI=1S/C21H21ClN4OS3/c1-14(2)17-7-3-15(4-8-17)11-23-24-19(27)13-29-21-26-25-20(30-21)28-12-16-5-9-18(22)10-6-16/h3-11,14H,12-13H2,1-2H3,(H,24,27)/b23-11+. The van der Waals surface area contributed by atoms with Gasteiger partial charge < -0.3 is 0 Å². The van der Waals surface area contributed by atoms with Gasteiger partial charge in [-0.2, -0.15) is 5.10 Å². The maximum absolute atomic E-state index is 12.0. The Labute approximate surface area is 193 Å². The van der Waals surface area contributed by atoms with Crippen molar-refractivity contribution in [2.24, 2.45) is 5.10 Å². The molecule has 0 saturated heterocycles. The van der Waals surface area contributed by atoms with Crippen LogP contribution in [-0.4, -0.2) is 28.1 Å². The van der Waals surface area contributed by atoms with Gasteiger partial charge in [-0.25, -0.2) is 5.43 Å². The zero-order chi connectivity index (χ0) is 21.3. The molecule has 0 aliphatic carbocycles. The number of nitrogens with one attached hydrogen (secondary N) is 1. The van der Waals surface area contributed by atoms with Gasteiger partial charge in [-0.3, -0.25) is 4.79 Å². The predicted octanol–water partition coefficient (Wildman–Crippen LogP) is 5.85. The molecule has 1 amide bonds. The van der Waals surface area contributed by atoms with Gasteiger partial charge in [0.15, 0.2) is 8.68 Å². The minimum Gasteiger partial charge on any atom is -0.272 e. The number of hydrogen-bond acceptors (Lipinski definition) is 7. The molecule has 0 unspecified atom stereocenters. The molecule has 2 aromatic carbocycles. The molecular weight excluding hydrogens is 456 g/mol. The first kappa shape index (κ1) is 22.8. The lowest BCUT2D eigenvalue weighted by Gasteiger charge is -2.04. The van der Waals surface area contributed by atoms with Gasteiger partial charge in [-0.15, -0.1) is 10.2 Å². The van der Waals surface area contributed by atoms with E-state index in [4.69, 9.17) is 11.6 Å². The lowest BCUT2D eigenvalue weighted by atomic mass is 10.0. The Hall–Kier alpha value is -1.87. The third kappa shape index (κ3) is 7.43. The monoisotopic (exact) mass is 476 g/mol. The average molecular weight is 477 g/mol. The van der Waals surface area contributed by atoms with Crippen LogP contribution in [0.5, 0.6) is 0 Å². The maximum Gasteiger partial charge on any atom is 0.250 e. The number of hydrazone groups is 1. The van der Waals surface area contributed by atoms with Crippen LogP contribution in [0.4, 0.5) is 0 Å². The van der Waals surface area contributed by atoms with Crippen molar-refractivity contribution in [1.82, 2.24) is 15.6 Å². The highest BCUT2D eigenvalue weighted by molar-refractivity contribution is 8.03. The van der Waals surface area contributed by atoms with E-state index < -0.39 is 0 Å². The largest absolute Gasteiger partial charge is 0.272 e. The normalized spacial score (nSPS) is 11.3. The highest BCUT2D eigenvalue weighted by Gasteiger charge is 2.08. The SMILES string of the molecule is CC(C)c1ccc(/C=N/NC(=O)CSc2nnc(SCc3ccc(Cl)cc3)s2)cc1. The van der Waals surface area contributed by atoms with Crippen LogP contribution in [0.25, 0.3) is 0 Å². The summed E-state index contributed by atoms with van der Waals surface area (Å²) in [6.07, 6.45) is 1.64.